The number of hydrogen-bond donors (Lipinski definition) is 2. The van der Waals surface area contributed by atoms with Gasteiger partial charge in [-0.05, 0) is 30.4 Å². The molecule has 0 spiro atoms. The molecule has 2 N–H and O–H groups in total. The van der Waals surface area contributed by atoms with Crippen LogP contribution in [0.2, 0.25) is 0 Å². The average molecular weight is 333 g/mol. The van der Waals surface area contributed by atoms with Gasteiger partial charge in [0.15, 0.2) is 5.69 Å². The molecule has 1 fully saturated rings. The van der Waals surface area contributed by atoms with Gasteiger partial charge in [-0.15, -0.1) is 11.3 Å². The highest BCUT2D eigenvalue weighted by Gasteiger charge is 2.46. The van der Waals surface area contributed by atoms with Crippen LogP contribution in [0.5, 0.6) is 0 Å². The van der Waals surface area contributed by atoms with Gasteiger partial charge in [0, 0.05) is 5.56 Å². The number of nitrogens with one attached hydrogen (secondary N) is 2. The molecule has 1 aliphatic heterocycles. The normalized spacial score (nSPS) is 24.2. The van der Waals surface area contributed by atoms with Gasteiger partial charge in [0.2, 0.25) is 5.91 Å². The molecule has 3 heterocycles. The number of hydrogen-bond acceptors (Lipinski definition) is 6. The minimum atomic E-state index is -0.692. The standard InChI is InChI=1S/C16H19N3O3S/c1-8(2)16(3)15(21)18-13(19-16)9-7-11-10(5-6-23-11)17-12(9)14(20)22-4/h5-8,13,19H,1-4H3,(H,18,21). The van der Waals surface area contributed by atoms with Crippen molar-refractivity contribution in [1.29, 1.82) is 0 Å². The summed E-state index contributed by atoms with van der Waals surface area (Å²) in [5, 5.41) is 8.15. The largest absolute Gasteiger partial charge is 0.464 e. The summed E-state index contributed by atoms with van der Waals surface area (Å²) >= 11 is 1.54. The molecule has 1 aliphatic rings. The second-order valence-corrected chi connectivity index (χ2v) is 7.08. The van der Waals surface area contributed by atoms with Crippen LogP contribution in [-0.2, 0) is 9.53 Å². The van der Waals surface area contributed by atoms with Crippen molar-refractivity contribution in [3.8, 4) is 0 Å². The van der Waals surface area contributed by atoms with E-state index in [-0.39, 0.29) is 17.5 Å². The number of pyridine rings is 1. The topological polar surface area (TPSA) is 80.3 Å². The van der Waals surface area contributed by atoms with E-state index in [4.69, 9.17) is 4.74 Å². The van der Waals surface area contributed by atoms with Crippen molar-refractivity contribution >= 4 is 33.4 Å². The number of ether oxygens (including phenoxy) is 1. The van der Waals surface area contributed by atoms with Gasteiger partial charge in [-0.25, -0.2) is 9.78 Å². The Morgan fingerprint density at radius 2 is 2.22 bits per heavy atom. The molecular formula is C16H19N3O3S. The summed E-state index contributed by atoms with van der Waals surface area (Å²) in [5.74, 6) is -0.491. The molecule has 6 nitrogen and oxygen atoms in total. The summed E-state index contributed by atoms with van der Waals surface area (Å²) < 4.78 is 5.81. The monoisotopic (exact) mass is 333 g/mol. The molecule has 122 valence electrons. The van der Waals surface area contributed by atoms with Crippen molar-refractivity contribution in [3.05, 3.63) is 28.8 Å². The lowest BCUT2D eigenvalue weighted by Crippen LogP contribution is -2.48. The van der Waals surface area contributed by atoms with Crippen LogP contribution in [0.25, 0.3) is 10.2 Å². The summed E-state index contributed by atoms with van der Waals surface area (Å²) in [6, 6.07) is 3.75. The second-order valence-electron chi connectivity index (χ2n) is 6.13. The van der Waals surface area contributed by atoms with Crippen LogP contribution >= 0.6 is 11.3 Å². The van der Waals surface area contributed by atoms with Crippen LogP contribution < -0.4 is 10.6 Å². The quantitative estimate of drug-likeness (QED) is 0.842. The molecule has 0 radical (unpaired) electrons. The highest BCUT2D eigenvalue weighted by Crippen LogP contribution is 2.31. The van der Waals surface area contributed by atoms with E-state index in [0.717, 1.165) is 10.2 Å². The van der Waals surface area contributed by atoms with Gasteiger partial charge >= 0.3 is 5.97 Å². The first-order valence-electron chi connectivity index (χ1n) is 7.42. The Morgan fingerprint density at radius 3 is 2.83 bits per heavy atom. The van der Waals surface area contributed by atoms with E-state index in [0.29, 0.717) is 5.56 Å². The number of carbonyl (C=O) groups excluding carboxylic acids is 2. The van der Waals surface area contributed by atoms with Gasteiger partial charge in [-0.2, -0.15) is 0 Å². The number of carbonyl (C=O) groups is 2. The summed E-state index contributed by atoms with van der Waals surface area (Å²) in [6.45, 7) is 5.83. The molecule has 2 atom stereocenters. The van der Waals surface area contributed by atoms with E-state index in [2.05, 4.69) is 15.6 Å². The number of amides is 1. The summed E-state index contributed by atoms with van der Waals surface area (Å²) in [6.07, 6.45) is -0.469. The Labute approximate surface area is 138 Å². The molecule has 1 saturated heterocycles. The fourth-order valence-corrected chi connectivity index (χ4v) is 3.43. The van der Waals surface area contributed by atoms with Crippen LogP contribution in [0.1, 0.15) is 43.0 Å². The van der Waals surface area contributed by atoms with E-state index in [1.165, 1.54) is 7.11 Å². The lowest BCUT2D eigenvalue weighted by atomic mass is 9.89. The zero-order valence-corrected chi connectivity index (χ0v) is 14.3. The third-order valence-electron chi connectivity index (χ3n) is 4.50. The lowest BCUT2D eigenvalue weighted by Gasteiger charge is -2.26. The van der Waals surface area contributed by atoms with E-state index < -0.39 is 17.7 Å². The highest BCUT2D eigenvalue weighted by atomic mass is 32.1. The van der Waals surface area contributed by atoms with Gasteiger partial charge < -0.3 is 10.1 Å². The van der Waals surface area contributed by atoms with Gasteiger partial charge in [0.05, 0.1) is 22.9 Å². The van der Waals surface area contributed by atoms with Gasteiger partial charge in [-0.1, -0.05) is 13.8 Å². The minimum Gasteiger partial charge on any atom is -0.464 e. The average Bonchev–Trinajstić information content (AvgIpc) is 3.10. The van der Waals surface area contributed by atoms with Crippen molar-refractivity contribution in [2.24, 2.45) is 5.92 Å². The van der Waals surface area contributed by atoms with E-state index in [1.54, 1.807) is 11.3 Å². The van der Waals surface area contributed by atoms with E-state index >= 15 is 0 Å². The fraction of sp³-hybridized carbons (Fsp3) is 0.438. The number of thiophene rings is 1. The molecule has 0 saturated carbocycles. The Kier molecular flexibility index (Phi) is 3.85. The van der Waals surface area contributed by atoms with E-state index in [1.807, 2.05) is 38.3 Å². The molecule has 7 heteroatoms. The Morgan fingerprint density at radius 1 is 1.48 bits per heavy atom. The van der Waals surface area contributed by atoms with Crippen molar-refractivity contribution in [2.45, 2.75) is 32.5 Å². The highest BCUT2D eigenvalue weighted by molar-refractivity contribution is 7.17. The third-order valence-corrected chi connectivity index (χ3v) is 5.35. The summed E-state index contributed by atoms with van der Waals surface area (Å²) in [7, 11) is 1.32. The third kappa shape index (κ3) is 2.49. The van der Waals surface area contributed by atoms with Crippen LogP contribution in [0.4, 0.5) is 0 Å². The molecular weight excluding hydrogens is 314 g/mol. The Hall–Kier alpha value is -1.99. The molecule has 0 aromatic carbocycles. The maximum Gasteiger partial charge on any atom is 0.357 e. The van der Waals surface area contributed by atoms with Gasteiger partial charge in [0.25, 0.3) is 0 Å². The van der Waals surface area contributed by atoms with Crippen LogP contribution in [0.3, 0.4) is 0 Å². The SMILES string of the molecule is COC(=O)c1nc2ccsc2cc1C1NC(=O)C(C)(C(C)C)N1. The van der Waals surface area contributed by atoms with Gasteiger partial charge in [0.1, 0.15) is 6.17 Å². The zero-order valence-electron chi connectivity index (χ0n) is 13.5. The van der Waals surface area contributed by atoms with Gasteiger partial charge in [-0.3, -0.25) is 10.1 Å². The smallest absolute Gasteiger partial charge is 0.357 e. The lowest BCUT2D eigenvalue weighted by molar-refractivity contribution is -0.125. The van der Waals surface area contributed by atoms with Crippen LogP contribution in [0, 0.1) is 5.92 Å². The molecule has 2 aromatic heterocycles. The molecule has 1 amide bonds. The first-order valence-corrected chi connectivity index (χ1v) is 8.30. The molecule has 0 bridgehead atoms. The predicted molar refractivity (Wildman–Crippen MR) is 88.2 cm³/mol. The summed E-state index contributed by atoms with van der Waals surface area (Å²) in [4.78, 5) is 28.9. The molecule has 0 aliphatic carbocycles. The first kappa shape index (κ1) is 15.9. The van der Waals surface area contributed by atoms with Crippen LogP contribution in [0.15, 0.2) is 17.5 Å². The maximum atomic E-state index is 12.4. The summed E-state index contributed by atoms with van der Waals surface area (Å²) in [5.41, 5.74) is 0.909. The van der Waals surface area contributed by atoms with Crippen molar-refractivity contribution in [1.82, 2.24) is 15.6 Å². The predicted octanol–water partition coefficient (Wildman–Crippen LogP) is 2.22. The van der Waals surface area contributed by atoms with Crippen molar-refractivity contribution in [2.75, 3.05) is 7.11 Å². The molecule has 2 aromatic rings. The van der Waals surface area contributed by atoms with Crippen LogP contribution in [-0.4, -0.2) is 29.5 Å². The zero-order chi connectivity index (χ0) is 16.8. The Bertz CT molecular complexity index is 786. The fourth-order valence-electron chi connectivity index (χ4n) is 2.66. The molecule has 2 unspecified atom stereocenters. The molecule has 23 heavy (non-hydrogen) atoms. The number of methoxy groups -OCH3 is 1. The number of aromatic nitrogens is 1. The Balaban J connectivity index is 2.08. The first-order chi connectivity index (χ1) is 10.9. The second kappa shape index (κ2) is 5.58. The molecule has 3 rings (SSSR count). The van der Waals surface area contributed by atoms with Crippen molar-refractivity contribution < 1.29 is 14.3 Å². The number of esters is 1. The number of fused-ring (bicyclic) bond motifs is 1. The number of nitrogens with zero attached hydrogens (tertiary/aromatic N) is 1. The maximum absolute atomic E-state index is 12.4. The minimum absolute atomic E-state index is 0.0837. The van der Waals surface area contributed by atoms with Crippen molar-refractivity contribution in [3.63, 3.8) is 0 Å². The van der Waals surface area contributed by atoms with E-state index in [9.17, 15) is 9.59 Å². The number of rotatable bonds is 3.